The minimum atomic E-state index is 0.0273. The molecule has 0 saturated heterocycles. The van der Waals surface area contributed by atoms with Crippen LogP contribution in [0.25, 0.3) is 0 Å². The number of aromatic nitrogens is 2. The van der Waals surface area contributed by atoms with Gasteiger partial charge in [0.25, 0.3) is 5.91 Å². The number of nitrogens with one attached hydrogen (secondary N) is 1. The van der Waals surface area contributed by atoms with Gasteiger partial charge in [-0.1, -0.05) is 57.0 Å². The van der Waals surface area contributed by atoms with E-state index in [1.165, 1.54) is 50.5 Å². The van der Waals surface area contributed by atoms with Gasteiger partial charge in [0, 0.05) is 42.7 Å². The number of hydrogen-bond donors (Lipinski definition) is 1. The topological polar surface area (TPSA) is 58.1 Å². The summed E-state index contributed by atoms with van der Waals surface area (Å²) in [7, 11) is 2.18. The van der Waals surface area contributed by atoms with Gasteiger partial charge in [-0.15, -0.1) is 0 Å². The molecule has 0 spiro atoms. The van der Waals surface area contributed by atoms with E-state index in [1.807, 2.05) is 24.3 Å². The van der Waals surface area contributed by atoms with Crippen LogP contribution in [0, 0.1) is 5.92 Å². The normalized spacial score (nSPS) is 16.9. The van der Waals surface area contributed by atoms with Gasteiger partial charge in [-0.2, -0.15) is 0 Å². The molecule has 1 N–H and O–H groups in total. The lowest BCUT2D eigenvalue weighted by molar-refractivity contribution is 0.0952. The summed E-state index contributed by atoms with van der Waals surface area (Å²) in [5, 5.41) is 3.86. The quantitative estimate of drug-likeness (QED) is 0.385. The highest BCUT2D eigenvalue weighted by Gasteiger charge is 2.22. The Balaban J connectivity index is 1.40. The average Bonchev–Trinajstić information content (AvgIpc) is 3.66. The van der Waals surface area contributed by atoms with Gasteiger partial charge in [-0.3, -0.25) is 4.79 Å². The second kappa shape index (κ2) is 10.7. The highest BCUT2D eigenvalue weighted by Crippen LogP contribution is 2.30. The zero-order chi connectivity index (χ0) is 22.5. The molecule has 32 heavy (non-hydrogen) atoms. The van der Waals surface area contributed by atoms with Crippen LogP contribution in [0.1, 0.15) is 86.3 Å². The molecule has 1 aromatic heterocycles. The standard InChI is InChI=1S/C26H36N4OS/c1-18(2)23-15-24(30(3)22-7-5-4-6-8-22)29-26(28-23)32-17-20-11-13-21(14-12-20)25(31)27-16-19-9-10-19/h11-15,18-19,22H,4-10,16-17H2,1-3H3,(H,27,31). The van der Waals surface area contributed by atoms with Crippen molar-refractivity contribution >= 4 is 23.5 Å². The largest absolute Gasteiger partial charge is 0.357 e. The van der Waals surface area contributed by atoms with Crippen molar-refractivity contribution in [1.29, 1.82) is 0 Å². The molecular formula is C26H36N4OS. The van der Waals surface area contributed by atoms with Crippen molar-refractivity contribution in [2.24, 2.45) is 5.92 Å². The number of benzene rings is 1. The molecule has 1 aromatic carbocycles. The first-order valence-corrected chi connectivity index (χ1v) is 13.1. The summed E-state index contributed by atoms with van der Waals surface area (Å²) in [5.41, 5.74) is 3.01. The van der Waals surface area contributed by atoms with Gasteiger partial charge in [0.05, 0.1) is 0 Å². The van der Waals surface area contributed by atoms with Crippen LogP contribution in [0.2, 0.25) is 0 Å². The van der Waals surface area contributed by atoms with E-state index in [0.29, 0.717) is 17.9 Å². The van der Waals surface area contributed by atoms with E-state index in [4.69, 9.17) is 9.97 Å². The monoisotopic (exact) mass is 452 g/mol. The maximum Gasteiger partial charge on any atom is 0.251 e. The van der Waals surface area contributed by atoms with Crippen LogP contribution in [-0.2, 0) is 5.75 Å². The molecule has 2 aliphatic rings. The molecule has 2 aliphatic carbocycles. The summed E-state index contributed by atoms with van der Waals surface area (Å²) in [6.45, 7) is 5.18. The molecule has 2 saturated carbocycles. The Labute approximate surface area is 196 Å². The van der Waals surface area contributed by atoms with Crippen molar-refractivity contribution in [1.82, 2.24) is 15.3 Å². The molecule has 0 unspecified atom stereocenters. The Hall–Kier alpha value is -2.08. The molecule has 2 aromatic rings. The van der Waals surface area contributed by atoms with Gasteiger partial charge in [0.1, 0.15) is 5.82 Å². The third-order valence-corrected chi connectivity index (χ3v) is 7.54. The molecule has 0 aliphatic heterocycles. The fraction of sp³-hybridized carbons (Fsp3) is 0.577. The molecule has 0 bridgehead atoms. The molecule has 5 nitrogen and oxygen atoms in total. The van der Waals surface area contributed by atoms with Gasteiger partial charge in [-0.25, -0.2) is 9.97 Å². The SMILES string of the molecule is CC(C)c1cc(N(C)C2CCCCC2)nc(SCc2ccc(C(=O)NCC3CC3)cc2)n1. The van der Waals surface area contributed by atoms with Gasteiger partial charge in [0.15, 0.2) is 5.16 Å². The zero-order valence-electron chi connectivity index (χ0n) is 19.6. The van der Waals surface area contributed by atoms with Crippen LogP contribution in [0.3, 0.4) is 0 Å². The van der Waals surface area contributed by atoms with E-state index in [9.17, 15) is 4.79 Å². The van der Waals surface area contributed by atoms with E-state index >= 15 is 0 Å². The van der Waals surface area contributed by atoms with Crippen LogP contribution >= 0.6 is 11.8 Å². The highest BCUT2D eigenvalue weighted by molar-refractivity contribution is 7.98. The second-order valence-electron chi connectivity index (χ2n) is 9.63. The van der Waals surface area contributed by atoms with E-state index in [1.54, 1.807) is 11.8 Å². The number of amides is 1. The molecule has 1 heterocycles. The van der Waals surface area contributed by atoms with Crippen LogP contribution in [0.15, 0.2) is 35.5 Å². The average molecular weight is 453 g/mol. The van der Waals surface area contributed by atoms with Crippen molar-refractivity contribution in [3.63, 3.8) is 0 Å². The van der Waals surface area contributed by atoms with E-state index in [2.05, 4.69) is 37.2 Å². The summed E-state index contributed by atoms with van der Waals surface area (Å²) in [6, 6.07) is 10.7. The molecule has 172 valence electrons. The first-order valence-electron chi connectivity index (χ1n) is 12.1. The van der Waals surface area contributed by atoms with Crippen LogP contribution in [0.4, 0.5) is 5.82 Å². The van der Waals surface area contributed by atoms with Crippen molar-refractivity contribution in [2.75, 3.05) is 18.5 Å². The fourth-order valence-corrected chi connectivity index (χ4v) is 5.00. The molecule has 2 fully saturated rings. The van der Waals surface area contributed by atoms with Gasteiger partial charge >= 0.3 is 0 Å². The summed E-state index contributed by atoms with van der Waals surface area (Å²) < 4.78 is 0. The lowest BCUT2D eigenvalue weighted by Gasteiger charge is -2.32. The Morgan fingerprint density at radius 2 is 1.81 bits per heavy atom. The van der Waals surface area contributed by atoms with Crippen molar-refractivity contribution in [3.8, 4) is 0 Å². The summed E-state index contributed by atoms with van der Waals surface area (Å²) in [5.74, 6) is 2.92. The zero-order valence-corrected chi connectivity index (χ0v) is 20.5. The first-order chi connectivity index (χ1) is 15.5. The van der Waals surface area contributed by atoms with E-state index in [0.717, 1.165) is 34.5 Å². The summed E-state index contributed by atoms with van der Waals surface area (Å²) >= 11 is 1.67. The van der Waals surface area contributed by atoms with Crippen LogP contribution in [0.5, 0.6) is 0 Å². The number of thioether (sulfide) groups is 1. The van der Waals surface area contributed by atoms with Crippen molar-refractivity contribution in [3.05, 3.63) is 47.2 Å². The Morgan fingerprint density at radius 1 is 1.09 bits per heavy atom. The van der Waals surface area contributed by atoms with Gasteiger partial charge < -0.3 is 10.2 Å². The Bertz CT molecular complexity index is 905. The van der Waals surface area contributed by atoms with Crippen LogP contribution in [-0.4, -0.2) is 35.5 Å². The van der Waals surface area contributed by atoms with Crippen molar-refractivity contribution < 1.29 is 4.79 Å². The predicted octanol–water partition coefficient (Wildman–Crippen LogP) is 5.80. The van der Waals surface area contributed by atoms with E-state index in [-0.39, 0.29) is 5.91 Å². The third kappa shape index (κ3) is 6.25. The maximum absolute atomic E-state index is 12.3. The van der Waals surface area contributed by atoms with Gasteiger partial charge in [0.2, 0.25) is 0 Å². The number of rotatable bonds is 9. The number of nitrogens with zero attached hydrogens (tertiary/aromatic N) is 3. The van der Waals surface area contributed by atoms with Crippen LogP contribution < -0.4 is 10.2 Å². The molecule has 4 rings (SSSR count). The number of carbonyl (C=O) groups excluding carboxylic acids is 1. The maximum atomic E-state index is 12.3. The minimum Gasteiger partial charge on any atom is -0.357 e. The Morgan fingerprint density at radius 3 is 2.47 bits per heavy atom. The lowest BCUT2D eigenvalue weighted by atomic mass is 9.94. The second-order valence-corrected chi connectivity index (χ2v) is 10.6. The van der Waals surface area contributed by atoms with Crippen molar-refractivity contribution in [2.45, 2.75) is 81.7 Å². The molecule has 0 atom stereocenters. The molecule has 1 amide bonds. The number of carbonyl (C=O) groups is 1. The number of hydrogen-bond acceptors (Lipinski definition) is 5. The molecule has 0 radical (unpaired) electrons. The number of anilines is 1. The third-order valence-electron chi connectivity index (χ3n) is 6.62. The summed E-state index contributed by atoms with van der Waals surface area (Å²) in [6.07, 6.45) is 8.97. The van der Waals surface area contributed by atoms with E-state index < -0.39 is 0 Å². The predicted molar refractivity (Wildman–Crippen MR) is 132 cm³/mol. The highest BCUT2D eigenvalue weighted by atomic mass is 32.2. The lowest BCUT2D eigenvalue weighted by Crippen LogP contribution is -2.34. The van der Waals surface area contributed by atoms with Gasteiger partial charge in [-0.05, 0) is 55.2 Å². The summed E-state index contributed by atoms with van der Waals surface area (Å²) in [4.78, 5) is 24.4. The smallest absolute Gasteiger partial charge is 0.251 e. The minimum absolute atomic E-state index is 0.0273. The fourth-order valence-electron chi connectivity index (χ4n) is 4.19. The molecule has 6 heteroatoms. The molecular weight excluding hydrogens is 416 g/mol. The Kier molecular flexibility index (Phi) is 7.71. The first kappa shape index (κ1) is 23.1.